The molecule has 21 heavy (non-hydrogen) atoms. The molecule has 1 aromatic carbocycles. The number of carbonyl (C=O) groups is 2. The van der Waals surface area contributed by atoms with E-state index in [0.717, 1.165) is 10.9 Å². The number of hydrogen-bond acceptors (Lipinski definition) is 3. The van der Waals surface area contributed by atoms with Crippen molar-refractivity contribution in [3.05, 3.63) is 66.1 Å². The summed E-state index contributed by atoms with van der Waals surface area (Å²) in [5.41, 5.74) is 2.12. The summed E-state index contributed by atoms with van der Waals surface area (Å²) in [7, 11) is 0. The van der Waals surface area contributed by atoms with E-state index in [1.165, 1.54) is 6.20 Å². The van der Waals surface area contributed by atoms with Gasteiger partial charge in [-0.25, -0.2) is 0 Å². The Hall–Kier alpha value is -2.75. The highest BCUT2D eigenvalue weighted by Gasteiger charge is 2.14. The third kappa shape index (κ3) is 2.74. The fourth-order valence-corrected chi connectivity index (χ4v) is 2.34. The summed E-state index contributed by atoms with van der Waals surface area (Å²) in [5, 5.41) is 0.899. The van der Waals surface area contributed by atoms with Crippen LogP contribution in [0, 0.1) is 0 Å². The van der Waals surface area contributed by atoms with Crippen molar-refractivity contribution in [3.63, 3.8) is 0 Å². The average Bonchev–Trinajstić information content (AvgIpc) is 2.97. The van der Waals surface area contributed by atoms with Crippen molar-refractivity contribution in [2.24, 2.45) is 0 Å². The monoisotopic (exact) mass is 278 g/mol. The van der Waals surface area contributed by atoms with E-state index < -0.39 is 0 Å². The first-order chi connectivity index (χ1) is 10.3. The lowest BCUT2D eigenvalue weighted by atomic mass is 10.0. The second kappa shape index (κ2) is 5.71. The van der Waals surface area contributed by atoms with Gasteiger partial charge in [0.05, 0.1) is 0 Å². The van der Waals surface area contributed by atoms with Crippen LogP contribution in [0.3, 0.4) is 0 Å². The zero-order chi connectivity index (χ0) is 14.7. The lowest BCUT2D eigenvalue weighted by Gasteiger charge is -2.00. The van der Waals surface area contributed by atoms with Crippen molar-refractivity contribution in [1.82, 2.24) is 9.97 Å². The van der Waals surface area contributed by atoms with Gasteiger partial charge in [-0.05, 0) is 18.2 Å². The molecular formula is C17H14N2O2. The van der Waals surface area contributed by atoms with Crippen LogP contribution >= 0.6 is 0 Å². The van der Waals surface area contributed by atoms with Crippen LogP contribution in [-0.2, 0) is 0 Å². The van der Waals surface area contributed by atoms with Crippen molar-refractivity contribution >= 4 is 22.5 Å². The number of benzene rings is 1. The fourth-order valence-electron chi connectivity index (χ4n) is 2.34. The predicted octanol–water partition coefficient (Wildman–Crippen LogP) is 3.41. The summed E-state index contributed by atoms with van der Waals surface area (Å²) in [6, 6.07) is 11.1. The number of aromatic nitrogens is 2. The number of carbonyl (C=O) groups excluding carboxylic acids is 2. The van der Waals surface area contributed by atoms with E-state index >= 15 is 0 Å². The standard InChI is InChI=1S/C17H14N2O2/c20-16(12-4-3-9-18-10-12)7-8-17(21)14-11-19-15-6-2-1-5-13(14)15/h1-6,9-11,19H,7-8H2. The smallest absolute Gasteiger partial charge is 0.165 e. The molecule has 0 aliphatic carbocycles. The topological polar surface area (TPSA) is 62.8 Å². The van der Waals surface area contributed by atoms with Crippen LogP contribution in [0.15, 0.2) is 55.0 Å². The molecule has 0 bridgehead atoms. The highest BCUT2D eigenvalue weighted by molar-refractivity contribution is 6.09. The van der Waals surface area contributed by atoms with Gasteiger partial charge in [0.2, 0.25) is 0 Å². The summed E-state index contributed by atoms with van der Waals surface area (Å²) < 4.78 is 0. The number of aromatic amines is 1. The Bertz CT molecular complexity index is 791. The molecular weight excluding hydrogens is 264 g/mol. The highest BCUT2D eigenvalue weighted by Crippen LogP contribution is 2.20. The molecule has 0 atom stereocenters. The van der Waals surface area contributed by atoms with Crippen molar-refractivity contribution in [2.45, 2.75) is 12.8 Å². The molecule has 0 amide bonds. The maximum absolute atomic E-state index is 12.3. The molecule has 4 heteroatoms. The molecule has 2 aromatic heterocycles. The average molecular weight is 278 g/mol. The Kier molecular flexibility index (Phi) is 3.60. The summed E-state index contributed by atoms with van der Waals surface area (Å²) >= 11 is 0. The van der Waals surface area contributed by atoms with Gasteiger partial charge in [-0.15, -0.1) is 0 Å². The molecule has 0 radical (unpaired) electrons. The molecule has 0 fully saturated rings. The maximum atomic E-state index is 12.3. The zero-order valence-corrected chi connectivity index (χ0v) is 11.4. The molecule has 0 unspecified atom stereocenters. The van der Waals surface area contributed by atoms with Gasteiger partial charge >= 0.3 is 0 Å². The summed E-state index contributed by atoms with van der Waals surface area (Å²) in [6.45, 7) is 0. The first kappa shape index (κ1) is 13.2. The largest absolute Gasteiger partial charge is 0.360 e. The van der Waals surface area contributed by atoms with Crippen molar-refractivity contribution in [2.75, 3.05) is 0 Å². The van der Waals surface area contributed by atoms with Crippen LogP contribution < -0.4 is 0 Å². The number of Topliss-reactive ketones (excluding diaryl/α,β-unsaturated/α-hetero) is 2. The second-order valence-corrected chi connectivity index (χ2v) is 4.84. The van der Waals surface area contributed by atoms with Crippen molar-refractivity contribution < 1.29 is 9.59 Å². The van der Waals surface area contributed by atoms with Crippen LogP contribution in [0.1, 0.15) is 33.6 Å². The van der Waals surface area contributed by atoms with Crippen LogP contribution in [0.2, 0.25) is 0 Å². The number of hydrogen-bond donors (Lipinski definition) is 1. The highest BCUT2D eigenvalue weighted by atomic mass is 16.1. The van der Waals surface area contributed by atoms with Crippen LogP contribution in [0.25, 0.3) is 10.9 Å². The normalized spacial score (nSPS) is 10.7. The maximum Gasteiger partial charge on any atom is 0.165 e. The van der Waals surface area contributed by atoms with E-state index in [9.17, 15) is 9.59 Å². The quantitative estimate of drug-likeness (QED) is 0.727. The Morgan fingerprint density at radius 3 is 2.62 bits per heavy atom. The first-order valence-corrected chi connectivity index (χ1v) is 6.78. The molecule has 3 rings (SSSR count). The van der Waals surface area contributed by atoms with E-state index in [0.29, 0.717) is 11.1 Å². The lowest BCUT2D eigenvalue weighted by molar-refractivity contribution is 0.0918. The van der Waals surface area contributed by atoms with Gasteiger partial charge in [0.1, 0.15) is 0 Å². The van der Waals surface area contributed by atoms with Crippen LogP contribution in [0.4, 0.5) is 0 Å². The molecule has 4 nitrogen and oxygen atoms in total. The minimum atomic E-state index is -0.0590. The molecule has 3 aromatic rings. The van der Waals surface area contributed by atoms with Gasteiger partial charge < -0.3 is 4.98 Å². The van der Waals surface area contributed by atoms with E-state index in [4.69, 9.17) is 0 Å². The molecule has 0 saturated carbocycles. The minimum absolute atomic E-state index is 0.0234. The van der Waals surface area contributed by atoms with E-state index in [-0.39, 0.29) is 24.4 Å². The SMILES string of the molecule is O=C(CCC(=O)c1c[nH]c2ccccc12)c1cccnc1. The number of rotatable bonds is 5. The fraction of sp³-hybridized carbons (Fsp3) is 0.118. The van der Waals surface area contributed by atoms with Crippen LogP contribution in [0.5, 0.6) is 0 Å². The number of pyridine rings is 1. The van der Waals surface area contributed by atoms with Gasteiger partial charge in [0.25, 0.3) is 0 Å². The molecule has 0 aliphatic rings. The summed E-state index contributed by atoms with van der Waals surface area (Å²) in [4.78, 5) is 31.2. The van der Waals surface area contributed by atoms with E-state index in [2.05, 4.69) is 9.97 Å². The van der Waals surface area contributed by atoms with Gasteiger partial charge in [0, 0.05) is 53.5 Å². The third-order valence-electron chi connectivity index (χ3n) is 3.45. The van der Waals surface area contributed by atoms with E-state index in [1.807, 2.05) is 24.3 Å². The number of nitrogens with zero attached hydrogens (tertiary/aromatic N) is 1. The number of fused-ring (bicyclic) bond motifs is 1. The number of H-pyrrole nitrogens is 1. The third-order valence-corrected chi connectivity index (χ3v) is 3.45. The number of ketones is 2. The van der Waals surface area contributed by atoms with Gasteiger partial charge in [-0.3, -0.25) is 14.6 Å². The predicted molar refractivity (Wildman–Crippen MR) is 80.4 cm³/mol. The second-order valence-electron chi connectivity index (χ2n) is 4.84. The van der Waals surface area contributed by atoms with Gasteiger partial charge in [-0.2, -0.15) is 0 Å². The van der Waals surface area contributed by atoms with Crippen molar-refractivity contribution in [1.29, 1.82) is 0 Å². The molecule has 0 aliphatic heterocycles. The van der Waals surface area contributed by atoms with Crippen LogP contribution in [-0.4, -0.2) is 21.5 Å². The Labute approximate surface area is 121 Å². The lowest BCUT2D eigenvalue weighted by Crippen LogP contribution is -2.05. The Morgan fingerprint density at radius 1 is 1.00 bits per heavy atom. The van der Waals surface area contributed by atoms with E-state index in [1.54, 1.807) is 24.5 Å². The molecule has 0 saturated heterocycles. The first-order valence-electron chi connectivity index (χ1n) is 6.78. The molecule has 1 N–H and O–H groups in total. The zero-order valence-electron chi connectivity index (χ0n) is 11.4. The number of para-hydroxylation sites is 1. The number of nitrogens with one attached hydrogen (secondary N) is 1. The Morgan fingerprint density at radius 2 is 1.81 bits per heavy atom. The van der Waals surface area contributed by atoms with Gasteiger partial charge in [0.15, 0.2) is 11.6 Å². The molecule has 2 heterocycles. The molecule has 104 valence electrons. The molecule has 0 spiro atoms. The Balaban J connectivity index is 1.71. The van der Waals surface area contributed by atoms with Crippen molar-refractivity contribution in [3.8, 4) is 0 Å². The minimum Gasteiger partial charge on any atom is -0.360 e. The summed E-state index contributed by atoms with van der Waals surface area (Å²) in [5.74, 6) is -0.0824. The van der Waals surface area contributed by atoms with Gasteiger partial charge in [-0.1, -0.05) is 18.2 Å². The summed E-state index contributed by atoms with van der Waals surface area (Å²) in [6.07, 6.45) is 5.26.